The molecule has 1 aliphatic rings. The molecule has 0 fully saturated rings. The van der Waals surface area contributed by atoms with Gasteiger partial charge in [0.15, 0.2) is 0 Å². The standard InChI is InChI=1S/C5H5.As5.Fe/c2*1-2-4-5-3-1;/h1-5H;;/q-1;;. The first-order chi connectivity index (χ1) is 5.00. The van der Waals surface area contributed by atoms with E-state index >= 15 is 0 Å². The van der Waals surface area contributed by atoms with Crippen molar-refractivity contribution in [2.24, 2.45) is 0 Å². The van der Waals surface area contributed by atoms with Crippen LogP contribution in [-0.2, 0) is 17.1 Å². The molecule has 0 saturated carbocycles. The molecule has 2 rings (SSSR count). The Morgan fingerprint density at radius 3 is 1.55 bits per heavy atom. The molecule has 1 heterocycles. The summed E-state index contributed by atoms with van der Waals surface area (Å²) in [6, 6.07) is 10.0. The minimum absolute atomic E-state index is 0. The first-order valence-electron chi connectivity index (χ1n) is 2.67. The molecular formula is C5H5As5Fe-. The first kappa shape index (κ1) is 13.7. The van der Waals surface area contributed by atoms with E-state index in [1.54, 1.807) is 0 Å². The molecule has 1 aliphatic heterocycles. The van der Waals surface area contributed by atoms with Crippen LogP contribution < -0.4 is 0 Å². The summed E-state index contributed by atoms with van der Waals surface area (Å²) in [5.74, 6) is 0. The maximum atomic E-state index is 2.00. The molecule has 6 heteroatoms. The van der Waals surface area contributed by atoms with Gasteiger partial charge in [-0.1, -0.05) is 0 Å². The van der Waals surface area contributed by atoms with E-state index in [0.717, 1.165) is 55.9 Å². The molecule has 0 nitrogen and oxygen atoms in total. The van der Waals surface area contributed by atoms with Crippen LogP contribution in [0.5, 0.6) is 0 Å². The minimum Gasteiger partial charge on any atom is -0.214 e. The Balaban J connectivity index is 0.000000167. The summed E-state index contributed by atoms with van der Waals surface area (Å²) in [6.07, 6.45) is 0. The fourth-order valence-electron chi connectivity index (χ4n) is 0.410. The summed E-state index contributed by atoms with van der Waals surface area (Å²) in [6.45, 7) is 0. The average Bonchev–Trinajstić information content (AvgIpc) is 2.67. The Bertz CT molecular complexity index is 177. The van der Waals surface area contributed by atoms with Gasteiger partial charge >= 0.3 is 55.9 Å². The van der Waals surface area contributed by atoms with Crippen LogP contribution in [0, 0.1) is 0 Å². The van der Waals surface area contributed by atoms with Crippen LogP contribution in [-0.4, -0.2) is 55.9 Å². The van der Waals surface area contributed by atoms with E-state index in [0.29, 0.717) is 0 Å². The van der Waals surface area contributed by atoms with Crippen molar-refractivity contribution in [3.05, 3.63) is 30.3 Å². The third kappa shape index (κ3) is 8.98. The molecule has 0 amide bonds. The summed E-state index contributed by atoms with van der Waals surface area (Å²) in [5, 5.41) is 0. The number of hydrogen-bond acceptors (Lipinski definition) is 0. The number of rotatable bonds is 0. The summed E-state index contributed by atoms with van der Waals surface area (Å²) >= 11 is 5.62. The van der Waals surface area contributed by atoms with E-state index in [4.69, 9.17) is 0 Å². The van der Waals surface area contributed by atoms with Gasteiger partial charge in [-0.25, -0.2) is 12.1 Å². The van der Waals surface area contributed by atoms with Crippen LogP contribution >= 0.6 is 0 Å². The molecule has 59 valence electrons. The Morgan fingerprint density at radius 2 is 1.36 bits per heavy atom. The van der Waals surface area contributed by atoms with Gasteiger partial charge in [0.05, 0.1) is 0 Å². The SMILES string of the molecule is [As]1[As]=[As][As]=[As]1.[Fe].c1cc[cH-]c1. The molecule has 1 aromatic rings. The van der Waals surface area contributed by atoms with E-state index in [1.165, 1.54) is 0 Å². The molecule has 0 atom stereocenters. The van der Waals surface area contributed by atoms with Gasteiger partial charge in [-0.15, -0.1) is 0 Å². The van der Waals surface area contributed by atoms with Crippen molar-refractivity contribution in [2.45, 2.75) is 0 Å². The minimum atomic E-state index is 0. The maximum absolute atomic E-state index is 2.00. The maximum Gasteiger partial charge on any atom is 0 e. The van der Waals surface area contributed by atoms with Crippen LogP contribution in [0.4, 0.5) is 0 Å². The van der Waals surface area contributed by atoms with Gasteiger partial charge in [-0.3, -0.25) is 0 Å². The summed E-state index contributed by atoms with van der Waals surface area (Å²) in [4.78, 5) is 0. The average molecular weight is 496 g/mol. The van der Waals surface area contributed by atoms with Gasteiger partial charge in [0, 0.05) is 17.1 Å². The van der Waals surface area contributed by atoms with Crippen molar-refractivity contribution in [2.75, 3.05) is 0 Å². The van der Waals surface area contributed by atoms with Crippen LogP contribution in [0.15, 0.2) is 30.3 Å². The quantitative estimate of drug-likeness (QED) is 0.337. The Morgan fingerprint density at radius 1 is 0.818 bits per heavy atom. The van der Waals surface area contributed by atoms with Crippen molar-refractivity contribution in [1.82, 2.24) is 0 Å². The number of hydrogen-bond donors (Lipinski definition) is 0. The van der Waals surface area contributed by atoms with E-state index in [-0.39, 0.29) is 17.1 Å². The van der Waals surface area contributed by atoms with Gasteiger partial charge in [-0.05, 0) is 0 Å². The summed E-state index contributed by atoms with van der Waals surface area (Å²) in [7, 11) is 0. The molecule has 0 aliphatic carbocycles. The summed E-state index contributed by atoms with van der Waals surface area (Å²) in [5.41, 5.74) is 0. The zero-order valence-electron chi connectivity index (χ0n) is 5.48. The van der Waals surface area contributed by atoms with E-state index in [1.807, 2.05) is 30.3 Å². The molecule has 11 heavy (non-hydrogen) atoms. The van der Waals surface area contributed by atoms with Crippen LogP contribution in [0.2, 0.25) is 0 Å². The van der Waals surface area contributed by atoms with E-state index in [2.05, 4.69) is 0 Å². The molecule has 0 N–H and O–H groups in total. The van der Waals surface area contributed by atoms with Crippen LogP contribution in [0.3, 0.4) is 0 Å². The molecule has 1 radical (unpaired) electrons. The van der Waals surface area contributed by atoms with Crippen LogP contribution in [0.1, 0.15) is 0 Å². The predicted octanol–water partition coefficient (Wildman–Crippen LogP) is -0.501. The fraction of sp³-hybridized carbons (Fsp3) is 0. The molecule has 0 saturated heterocycles. The predicted molar refractivity (Wildman–Crippen MR) is 50.8 cm³/mol. The molecule has 0 unspecified atom stereocenters. The molecule has 1 aromatic carbocycles. The summed E-state index contributed by atoms with van der Waals surface area (Å²) < 4.78 is 0. The normalized spacial score (nSPS) is 19.6. The molecule has 0 spiro atoms. The van der Waals surface area contributed by atoms with Gasteiger partial charge in [0.25, 0.3) is 0 Å². The monoisotopic (exact) mass is 496 g/mol. The Labute approximate surface area is 101 Å². The van der Waals surface area contributed by atoms with Crippen molar-refractivity contribution in [1.29, 1.82) is 0 Å². The first-order valence-corrected chi connectivity index (χ1v) is 28.7. The van der Waals surface area contributed by atoms with Crippen LogP contribution in [0.25, 0.3) is 0 Å². The second-order valence-electron chi connectivity index (χ2n) is 1.41. The Kier molecular flexibility index (Phi) is 13.3. The van der Waals surface area contributed by atoms with Gasteiger partial charge in [0.1, 0.15) is 0 Å². The van der Waals surface area contributed by atoms with Crippen molar-refractivity contribution >= 4 is 55.9 Å². The second kappa shape index (κ2) is 10.7. The van der Waals surface area contributed by atoms with E-state index in [9.17, 15) is 0 Å². The third-order valence-electron chi connectivity index (χ3n) is 0.756. The third-order valence-corrected chi connectivity index (χ3v) is 146. The van der Waals surface area contributed by atoms with Gasteiger partial charge in [0.2, 0.25) is 0 Å². The fourth-order valence-corrected chi connectivity index (χ4v) is 339. The molecular weight excluding hydrogens is 491 g/mol. The van der Waals surface area contributed by atoms with Crippen molar-refractivity contribution in [3.8, 4) is 0 Å². The van der Waals surface area contributed by atoms with Crippen molar-refractivity contribution in [3.63, 3.8) is 0 Å². The van der Waals surface area contributed by atoms with E-state index < -0.39 is 0 Å². The zero-order chi connectivity index (χ0) is 7.07. The molecule has 0 bridgehead atoms. The van der Waals surface area contributed by atoms with Gasteiger partial charge in [-0.2, -0.15) is 18.2 Å². The Hall–Kier alpha value is 2.66. The largest absolute Gasteiger partial charge is 0.214 e. The van der Waals surface area contributed by atoms with Crippen molar-refractivity contribution < 1.29 is 17.1 Å². The van der Waals surface area contributed by atoms with Gasteiger partial charge < -0.3 is 0 Å². The topological polar surface area (TPSA) is 0 Å². The molecule has 0 aromatic heterocycles. The zero-order valence-corrected chi connectivity index (χ0v) is 16.0. The second-order valence-corrected chi connectivity index (χ2v) is 63.7. The smallest absolute Gasteiger partial charge is 0 e.